The van der Waals surface area contributed by atoms with Crippen LogP contribution >= 0.6 is 11.3 Å². The molecule has 37 heavy (non-hydrogen) atoms. The highest BCUT2D eigenvalue weighted by Gasteiger charge is 2.29. The number of hydrogen-bond acceptors (Lipinski definition) is 6. The number of hydrogen-bond donors (Lipinski definition) is 0. The Morgan fingerprint density at radius 1 is 1.11 bits per heavy atom. The number of piperazine rings is 1. The predicted molar refractivity (Wildman–Crippen MR) is 142 cm³/mol. The maximum absolute atomic E-state index is 10.5. The Hall–Kier alpha value is -2.72. The summed E-state index contributed by atoms with van der Waals surface area (Å²) in [4.78, 5) is 20.2. The predicted octanol–water partition coefficient (Wildman–Crippen LogP) is 3.66. The highest BCUT2D eigenvalue weighted by atomic mass is 32.1. The van der Waals surface area contributed by atoms with Crippen LogP contribution in [0.25, 0.3) is 20.8 Å². The molecule has 0 bridgehead atoms. The normalized spacial score (nSPS) is 14.7. The first-order valence-corrected chi connectivity index (χ1v) is 13.4. The van der Waals surface area contributed by atoms with Crippen molar-refractivity contribution in [3.63, 3.8) is 0 Å². The largest absolute Gasteiger partial charge is 0.542 e. The summed E-state index contributed by atoms with van der Waals surface area (Å²) in [6.45, 7) is 20.0. The molecule has 0 N–H and O–H groups in total. The van der Waals surface area contributed by atoms with Gasteiger partial charge in [0.1, 0.15) is 5.97 Å². The first kappa shape index (κ1) is 28.8. The standard InChI is InChI=1S/C25H35N4S.C2HF3O2/c1-7-27(8-2)20-13-18(5)24-22(15-20)30-23-16-21(14-19(6)25(23)26-24)29-11-9-28(10-12-29)17(3)4;3-2(4,5)1(6)7/h13-17H,7-12H2,1-6H3;(H,6,7)/q+1;/p-1. The molecule has 202 valence electrons. The molecule has 2 aliphatic heterocycles. The van der Waals surface area contributed by atoms with Crippen molar-refractivity contribution in [2.45, 2.75) is 53.8 Å². The van der Waals surface area contributed by atoms with E-state index in [4.69, 9.17) is 14.9 Å². The van der Waals surface area contributed by atoms with E-state index < -0.39 is 12.1 Å². The molecule has 0 radical (unpaired) electrons. The minimum Gasteiger partial charge on any atom is -0.542 e. The van der Waals surface area contributed by atoms with Crippen molar-refractivity contribution in [2.75, 3.05) is 44.2 Å². The maximum Gasteiger partial charge on any atom is 0.430 e. The van der Waals surface area contributed by atoms with Crippen LogP contribution < -0.4 is 19.9 Å². The Morgan fingerprint density at radius 3 is 2.22 bits per heavy atom. The number of alkyl halides is 3. The van der Waals surface area contributed by atoms with Crippen molar-refractivity contribution >= 4 is 33.2 Å². The molecule has 1 aliphatic carbocycles. The molecule has 1 aromatic carbocycles. The number of carbonyl (C=O) groups excluding carboxylic acids is 1. The number of nitrogens with zero attached hydrogens (tertiary/aromatic N) is 4. The van der Waals surface area contributed by atoms with Crippen molar-refractivity contribution in [1.29, 1.82) is 0 Å². The quantitative estimate of drug-likeness (QED) is 0.376. The van der Waals surface area contributed by atoms with Crippen molar-refractivity contribution in [2.24, 2.45) is 0 Å². The van der Waals surface area contributed by atoms with E-state index in [-0.39, 0.29) is 0 Å². The molecule has 0 unspecified atom stereocenters. The molecule has 4 rings (SSSR count). The summed E-state index contributed by atoms with van der Waals surface area (Å²) in [7, 11) is 0. The summed E-state index contributed by atoms with van der Waals surface area (Å²) in [6, 6.07) is 9.95. The SMILES string of the molecule is CCN(CC)c1cc(C)c2nc3c(C)cc(=[N+]4CCN(C(C)C)CC4)cc-3sc2c1.O=C([O-])C(F)(F)F. The van der Waals surface area contributed by atoms with Gasteiger partial charge in [0.15, 0.2) is 13.1 Å². The zero-order chi connectivity index (χ0) is 27.5. The van der Waals surface area contributed by atoms with Crippen LogP contribution in [-0.2, 0) is 4.79 Å². The van der Waals surface area contributed by atoms with Crippen LogP contribution in [0.3, 0.4) is 0 Å². The Balaban J connectivity index is 0.000000479. The Bertz CT molecular complexity index is 1290. The Labute approximate surface area is 220 Å². The molecule has 0 aromatic heterocycles. The summed E-state index contributed by atoms with van der Waals surface area (Å²) < 4.78 is 35.4. The van der Waals surface area contributed by atoms with Gasteiger partial charge in [-0.05, 0) is 64.8 Å². The fourth-order valence-electron chi connectivity index (χ4n) is 4.58. The van der Waals surface area contributed by atoms with Crippen LogP contribution in [0.4, 0.5) is 18.9 Å². The second-order valence-electron chi connectivity index (χ2n) is 9.51. The molecule has 1 aromatic rings. The Kier molecular flexibility index (Phi) is 9.18. The van der Waals surface area contributed by atoms with E-state index in [1.807, 2.05) is 11.3 Å². The van der Waals surface area contributed by atoms with Crippen LogP contribution in [0, 0.1) is 13.8 Å². The number of carbonyl (C=O) groups is 1. The van der Waals surface area contributed by atoms with E-state index in [9.17, 15) is 13.2 Å². The van der Waals surface area contributed by atoms with Crippen LogP contribution in [0.2, 0.25) is 0 Å². The number of halogens is 3. The number of fused-ring (bicyclic) bond motifs is 2. The average Bonchev–Trinajstić information content (AvgIpc) is 2.84. The number of benzene rings is 2. The number of carboxylic acids is 1. The minimum absolute atomic E-state index is 0.631. The molecule has 6 nitrogen and oxygen atoms in total. The van der Waals surface area contributed by atoms with Gasteiger partial charge in [-0.25, -0.2) is 9.56 Å². The molecule has 0 spiro atoms. The van der Waals surface area contributed by atoms with Gasteiger partial charge in [0.05, 0.1) is 33.9 Å². The van der Waals surface area contributed by atoms with Gasteiger partial charge in [0.25, 0.3) is 0 Å². The highest BCUT2D eigenvalue weighted by molar-refractivity contribution is 7.21. The molecule has 3 aliphatic rings. The number of rotatable bonds is 4. The first-order chi connectivity index (χ1) is 17.3. The van der Waals surface area contributed by atoms with Gasteiger partial charge < -0.3 is 14.8 Å². The van der Waals surface area contributed by atoms with Crippen LogP contribution in [0.1, 0.15) is 38.8 Å². The molecular weight excluding hydrogens is 501 g/mol. The van der Waals surface area contributed by atoms with Gasteiger partial charge in [0.2, 0.25) is 5.36 Å². The summed E-state index contributed by atoms with van der Waals surface area (Å²) in [5.41, 5.74) is 6.14. The van der Waals surface area contributed by atoms with E-state index >= 15 is 0 Å². The summed E-state index contributed by atoms with van der Waals surface area (Å²) in [5.74, 6) is -3.01. The van der Waals surface area contributed by atoms with Gasteiger partial charge in [-0.1, -0.05) is 0 Å². The monoisotopic (exact) mass is 536 g/mol. The topological polar surface area (TPSA) is 62.5 Å². The van der Waals surface area contributed by atoms with Gasteiger partial charge >= 0.3 is 6.18 Å². The third kappa shape index (κ3) is 6.78. The smallest absolute Gasteiger partial charge is 0.430 e. The van der Waals surface area contributed by atoms with Crippen LogP contribution in [0.15, 0.2) is 24.3 Å². The second-order valence-corrected chi connectivity index (χ2v) is 10.6. The van der Waals surface area contributed by atoms with E-state index in [1.165, 1.54) is 31.7 Å². The molecule has 1 saturated heterocycles. The third-order valence-electron chi connectivity index (χ3n) is 6.71. The van der Waals surface area contributed by atoms with Gasteiger partial charge in [0, 0.05) is 37.0 Å². The van der Waals surface area contributed by atoms with Crippen molar-refractivity contribution < 1.29 is 23.1 Å². The zero-order valence-corrected chi connectivity index (χ0v) is 23.1. The molecular formula is C27H35F3N4O2S. The molecule has 10 heteroatoms. The minimum atomic E-state index is -5.19. The molecule has 2 heterocycles. The van der Waals surface area contributed by atoms with Gasteiger partial charge in [-0.2, -0.15) is 13.2 Å². The molecule has 0 amide bonds. The van der Waals surface area contributed by atoms with Crippen molar-refractivity contribution in [3.05, 3.63) is 40.7 Å². The molecule has 0 saturated carbocycles. The average molecular weight is 537 g/mol. The number of carboxylic acid groups (broad SMARTS) is 1. The zero-order valence-electron chi connectivity index (χ0n) is 22.3. The number of aliphatic carboxylic acids is 1. The summed E-state index contributed by atoms with van der Waals surface area (Å²) >= 11 is 1.89. The highest BCUT2D eigenvalue weighted by Crippen LogP contribution is 2.35. The second kappa shape index (κ2) is 11.8. The van der Waals surface area contributed by atoms with E-state index in [0.29, 0.717) is 6.04 Å². The lowest BCUT2D eigenvalue weighted by Gasteiger charge is -2.28. The van der Waals surface area contributed by atoms with Crippen molar-refractivity contribution in [3.8, 4) is 10.6 Å². The van der Waals surface area contributed by atoms with Crippen LogP contribution in [-0.4, -0.2) is 67.3 Å². The van der Waals surface area contributed by atoms with Crippen molar-refractivity contribution in [1.82, 2.24) is 14.5 Å². The lowest BCUT2D eigenvalue weighted by Crippen LogP contribution is -2.50. The number of anilines is 1. The van der Waals surface area contributed by atoms with Crippen LogP contribution in [0.5, 0.6) is 0 Å². The fraction of sp³-hybridized carbons (Fsp3) is 0.519. The lowest BCUT2D eigenvalue weighted by molar-refractivity contribution is -0.344. The number of aryl methyl sites for hydroxylation is 2. The summed E-state index contributed by atoms with van der Waals surface area (Å²) in [5, 5.41) is 10.1. The molecule has 1 fully saturated rings. The maximum atomic E-state index is 10.5. The Morgan fingerprint density at radius 2 is 1.70 bits per heavy atom. The first-order valence-electron chi connectivity index (χ1n) is 12.6. The van der Waals surface area contributed by atoms with E-state index in [1.54, 1.807) is 0 Å². The third-order valence-corrected chi connectivity index (χ3v) is 7.78. The molecule has 0 atom stereocenters. The lowest BCUT2D eigenvalue weighted by atomic mass is 10.1. The summed E-state index contributed by atoms with van der Waals surface area (Å²) in [6.07, 6.45) is -5.19. The van der Waals surface area contributed by atoms with Gasteiger partial charge in [-0.3, -0.25) is 4.90 Å². The number of aromatic nitrogens is 1. The van der Waals surface area contributed by atoms with Gasteiger partial charge in [-0.15, -0.1) is 11.3 Å². The van der Waals surface area contributed by atoms with E-state index in [2.05, 4.69) is 80.2 Å². The fourth-order valence-corrected chi connectivity index (χ4v) is 5.78. The van der Waals surface area contributed by atoms with E-state index in [0.717, 1.165) is 50.5 Å².